The summed E-state index contributed by atoms with van der Waals surface area (Å²) >= 11 is 0. The molecule has 0 atom stereocenters. The highest BCUT2D eigenvalue weighted by atomic mass is 19.3. The summed E-state index contributed by atoms with van der Waals surface area (Å²) in [4.78, 5) is 19.1. The number of alkyl halides is 2. The second-order valence-corrected chi connectivity index (χ2v) is 5.52. The highest BCUT2D eigenvalue weighted by Crippen LogP contribution is 2.19. The lowest BCUT2D eigenvalue weighted by Crippen LogP contribution is -2.09. The number of esters is 1. The number of hydrogen-bond donors (Lipinski definition) is 2. The van der Waals surface area contributed by atoms with Gasteiger partial charge in [0.1, 0.15) is 24.0 Å². The number of rotatable bonds is 6. The van der Waals surface area contributed by atoms with Crippen LogP contribution >= 0.6 is 0 Å². The highest BCUT2D eigenvalue weighted by Gasteiger charge is 2.16. The summed E-state index contributed by atoms with van der Waals surface area (Å²) in [5, 5.41) is 19.5. The second kappa shape index (κ2) is 8.18. The maximum atomic E-state index is 12.1. The van der Waals surface area contributed by atoms with Gasteiger partial charge in [-0.05, 0) is 36.4 Å². The molecular formula is C19H13F2N3O4. The Morgan fingerprint density at radius 2 is 1.93 bits per heavy atom. The fraction of sp³-hybridized carbons (Fsp3) is 0.105. The second-order valence-electron chi connectivity index (χ2n) is 5.52. The van der Waals surface area contributed by atoms with Crippen LogP contribution in [0.15, 0.2) is 54.3 Å². The number of aromatic nitrogens is 2. The molecule has 2 N–H and O–H groups in total. The average molecular weight is 385 g/mol. The summed E-state index contributed by atoms with van der Waals surface area (Å²) in [7, 11) is 0. The van der Waals surface area contributed by atoms with Crippen LogP contribution in [-0.2, 0) is 4.74 Å². The van der Waals surface area contributed by atoms with Crippen LogP contribution in [0, 0.1) is 11.3 Å². The van der Waals surface area contributed by atoms with Gasteiger partial charge in [-0.3, -0.25) is 0 Å². The first-order valence-corrected chi connectivity index (χ1v) is 7.97. The topological polar surface area (TPSA) is 108 Å². The number of aliphatic hydroxyl groups excluding tert-OH is 1. The summed E-state index contributed by atoms with van der Waals surface area (Å²) < 4.78 is 33.4. The van der Waals surface area contributed by atoms with Gasteiger partial charge in [0.25, 0.3) is 0 Å². The number of aromatic amines is 1. The van der Waals surface area contributed by atoms with Crippen LogP contribution in [0.25, 0.3) is 16.6 Å². The Morgan fingerprint density at radius 1 is 1.21 bits per heavy atom. The van der Waals surface area contributed by atoms with Crippen LogP contribution in [0.4, 0.5) is 8.78 Å². The third-order valence-electron chi connectivity index (χ3n) is 3.68. The molecule has 0 aliphatic rings. The number of allylic oxidation sites excluding steroid dienone is 1. The van der Waals surface area contributed by atoms with Crippen molar-refractivity contribution in [1.29, 1.82) is 5.26 Å². The molecule has 0 fully saturated rings. The number of imidazole rings is 1. The summed E-state index contributed by atoms with van der Waals surface area (Å²) in [5.41, 5.74) is 1.20. The average Bonchev–Trinajstić information content (AvgIpc) is 3.10. The van der Waals surface area contributed by atoms with Crippen molar-refractivity contribution >= 4 is 22.6 Å². The lowest BCUT2D eigenvalue weighted by atomic mass is 10.2. The molecule has 0 aliphatic heterocycles. The van der Waals surface area contributed by atoms with Gasteiger partial charge in [-0.1, -0.05) is 12.1 Å². The molecule has 9 heteroatoms. The number of para-hydroxylation sites is 2. The minimum atomic E-state index is -2.97. The molecule has 142 valence electrons. The van der Waals surface area contributed by atoms with Crippen molar-refractivity contribution in [2.75, 3.05) is 6.61 Å². The van der Waals surface area contributed by atoms with E-state index in [0.29, 0.717) is 11.0 Å². The van der Waals surface area contributed by atoms with Crippen LogP contribution < -0.4 is 4.74 Å². The minimum Gasteiger partial charge on any atom is -0.507 e. The number of benzene rings is 2. The number of halogens is 2. The molecule has 7 nitrogen and oxygen atoms in total. The summed E-state index contributed by atoms with van der Waals surface area (Å²) in [5.74, 6) is -1.25. The minimum absolute atomic E-state index is 0.0664. The molecule has 0 saturated carbocycles. The Balaban J connectivity index is 1.71. The maximum absolute atomic E-state index is 12.1. The Kier molecular flexibility index (Phi) is 5.50. The molecule has 2 aromatic carbocycles. The number of fused-ring (bicyclic) bond motifs is 1. The summed E-state index contributed by atoms with van der Waals surface area (Å²) in [6, 6.07) is 13.8. The van der Waals surface area contributed by atoms with Crippen LogP contribution in [0.3, 0.4) is 0 Å². The van der Waals surface area contributed by atoms with Crippen molar-refractivity contribution in [2.45, 2.75) is 6.61 Å². The van der Waals surface area contributed by atoms with Gasteiger partial charge in [0, 0.05) is 0 Å². The van der Waals surface area contributed by atoms with E-state index in [2.05, 4.69) is 14.7 Å². The van der Waals surface area contributed by atoms with Crippen molar-refractivity contribution in [3.63, 3.8) is 0 Å². The zero-order valence-electron chi connectivity index (χ0n) is 14.2. The van der Waals surface area contributed by atoms with E-state index in [1.54, 1.807) is 24.3 Å². The SMILES string of the molecule is N#C/C(=C(/O)COC(=O)c1ccc(OC(F)F)cc1)c1nc2ccccc2[nH]1. The van der Waals surface area contributed by atoms with Gasteiger partial charge in [0.2, 0.25) is 0 Å². The summed E-state index contributed by atoms with van der Waals surface area (Å²) in [6.45, 7) is -3.53. The number of nitriles is 1. The molecule has 0 saturated heterocycles. The third-order valence-corrected chi connectivity index (χ3v) is 3.68. The number of hydrogen-bond acceptors (Lipinski definition) is 6. The van der Waals surface area contributed by atoms with Crippen molar-refractivity contribution < 1.29 is 28.2 Å². The smallest absolute Gasteiger partial charge is 0.387 e. The van der Waals surface area contributed by atoms with E-state index < -0.39 is 24.9 Å². The normalized spacial score (nSPS) is 11.8. The van der Waals surface area contributed by atoms with Crippen LogP contribution in [-0.4, -0.2) is 34.3 Å². The molecule has 1 aromatic heterocycles. The fourth-order valence-electron chi connectivity index (χ4n) is 2.39. The van der Waals surface area contributed by atoms with Gasteiger partial charge in [-0.25, -0.2) is 9.78 Å². The van der Waals surface area contributed by atoms with E-state index in [9.17, 15) is 23.9 Å². The summed E-state index contributed by atoms with van der Waals surface area (Å²) in [6.07, 6.45) is 0. The van der Waals surface area contributed by atoms with E-state index in [1.165, 1.54) is 24.3 Å². The Bertz CT molecular complexity index is 1040. The van der Waals surface area contributed by atoms with Gasteiger partial charge in [-0.2, -0.15) is 14.0 Å². The highest BCUT2D eigenvalue weighted by molar-refractivity contribution is 5.90. The van der Waals surface area contributed by atoms with E-state index >= 15 is 0 Å². The number of H-pyrrole nitrogens is 1. The van der Waals surface area contributed by atoms with Crippen molar-refractivity contribution in [3.05, 3.63) is 65.7 Å². The van der Waals surface area contributed by atoms with Crippen LogP contribution in [0.5, 0.6) is 5.75 Å². The molecule has 0 unspecified atom stereocenters. The first-order valence-electron chi connectivity index (χ1n) is 7.97. The molecule has 0 radical (unpaired) electrons. The first-order chi connectivity index (χ1) is 13.5. The molecule has 3 aromatic rings. The van der Waals surface area contributed by atoms with Gasteiger partial charge < -0.3 is 19.6 Å². The number of carbonyl (C=O) groups is 1. The van der Waals surface area contributed by atoms with Crippen molar-refractivity contribution in [3.8, 4) is 11.8 Å². The molecular weight excluding hydrogens is 372 g/mol. The number of nitrogens with one attached hydrogen (secondary N) is 1. The number of ether oxygens (including phenoxy) is 2. The zero-order chi connectivity index (χ0) is 20.1. The van der Waals surface area contributed by atoms with Crippen molar-refractivity contribution in [1.82, 2.24) is 9.97 Å². The molecule has 0 amide bonds. The Morgan fingerprint density at radius 3 is 2.57 bits per heavy atom. The molecule has 0 bridgehead atoms. The van der Waals surface area contributed by atoms with Crippen molar-refractivity contribution in [2.24, 2.45) is 0 Å². The van der Waals surface area contributed by atoms with E-state index in [0.717, 1.165) is 0 Å². The number of carbonyl (C=O) groups excluding carboxylic acids is 1. The molecule has 0 spiro atoms. The van der Waals surface area contributed by atoms with E-state index in [4.69, 9.17) is 4.74 Å². The lowest BCUT2D eigenvalue weighted by Gasteiger charge is -2.07. The van der Waals surface area contributed by atoms with Gasteiger partial charge in [-0.15, -0.1) is 0 Å². The van der Waals surface area contributed by atoms with E-state index in [-0.39, 0.29) is 22.7 Å². The zero-order valence-corrected chi connectivity index (χ0v) is 14.2. The predicted octanol–water partition coefficient (Wildman–Crippen LogP) is 3.81. The third kappa shape index (κ3) is 4.24. The first kappa shape index (κ1) is 18.8. The van der Waals surface area contributed by atoms with Gasteiger partial charge >= 0.3 is 12.6 Å². The Labute approximate surface area is 157 Å². The molecule has 0 aliphatic carbocycles. The predicted molar refractivity (Wildman–Crippen MR) is 94.6 cm³/mol. The van der Waals surface area contributed by atoms with Gasteiger partial charge in [0.15, 0.2) is 11.6 Å². The largest absolute Gasteiger partial charge is 0.507 e. The van der Waals surface area contributed by atoms with Crippen LogP contribution in [0.2, 0.25) is 0 Å². The Hall–Kier alpha value is -3.93. The molecule has 3 rings (SSSR count). The lowest BCUT2D eigenvalue weighted by molar-refractivity contribution is -0.0498. The van der Waals surface area contributed by atoms with E-state index in [1.807, 2.05) is 6.07 Å². The fourth-order valence-corrected chi connectivity index (χ4v) is 2.39. The number of aliphatic hydroxyl groups is 1. The quantitative estimate of drug-likeness (QED) is 0.379. The monoisotopic (exact) mass is 385 g/mol. The standard InChI is InChI=1S/C19H13F2N3O4/c20-19(21)28-12-7-5-11(6-8-12)18(26)27-10-16(25)13(9-22)17-23-14-3-1-2-4-15(14)24-17/h1-8,19,25H,10H2,(H,23,24)/b16-13-. The maximum Gasteiger partial charge on any atom is 0.387 e. The van der Waals surface area contributed by atoms with Crippen LogP contribution in [0.1, 0.15) is 16.2 Å². The van der Waals surface area contributed by atoms with Gasteiger partial charge in [0.05, 0.1) is 16.6 Å². The molecule has 28 heavy (non-hydrogen) atoms. The number of nitrogens with zero attached hydrogens (tertiary/aromatic N) is 2. The molecule has 1 heterocycles.